The highest BCUT2D eigenvalue weighted by atomic mass is 16.5. The number of pyridine rings is 1. The second-order valence-corrected chi connectivity index (χ2v) is 10.6. The fourth-order valence-electron chi connectivity index (χ4n) is 4.77. The molecule has 42 heavy (non-hydrogen) atoms. The van der Waals surface area contributed by atoms with Crippen molar-refractivity contribution in [2.24, 2.45) is 5.92 Å². The van der Waals surface area contributed by atoms with E-state index in [4.69, 9.17) is 9.84 Å². The number of imide groups is 1. The first-order chi connectivity index (χ1) is 20.3. The number of hydrogen-bond acceptors (Lipinski definition) is 6. The predicted molar refractivity (Wildman–Crippen MR) is 160 cm³/mol. The maximum absolute atomic E-state index is 13.8. The van der Waals surface area contributed by atoms with Gasteiger partial charge < -0.3 is 4.74 Å². The third kappa shape index (κ3) is 5.77. The first-order valence-electron chi connectivity index (χ1n) is 13.7. The van der Waals surface area contributed by atoms with Gasteiger partial charge in [-0.15, -0.1) is 0 Å². The Kier molecular flexibility index (Phi) is 8.12. The number of para-hydroxylation sites is 1. The molecular weight excluding hydrogens is 526 g/mol. The number of benzene rings is 2. The zero-order valence-corrected chi connectivity index (χ0v) is 24.0. The molecule has 8 heteroatoms. The highest BCUT2D eigenvalue weighted by Crippen LogP contribution is 2.34. The number of nitriles is 1. The van der Waals surface area contributed by atoms with Crippen molar-refractivity contribution >= 4 is 17.9 Å². The number of hydrogen-bond donors (Lipinski definition) is 0. The SMILES string of the molecule is CC1=C(C#N)C(=O)N(Cc2cccnc2)C(=O)/C1=C/c1cn(-c2ccccc2)nc1-c1ccc(OCC(C)C)cc1C. The van der Waals surface area contributed by atoms with E-state index >= 15 is 0 Å². The number of amides is 2. The summed E-state index contributed by atoms with van der Waals surface area (Å²) >= 11 is 0. The molecule has 0 atom stereocenters. The van der Waals surface area contributed by atoms with Crippen LogP contribution in [0.3, 0.4) is 0 Å². The van der Waals surface area contributed by atoms with E-state index in [-0.39, 0.29) is 17.7 Å². The fourth-order valence-corrected chi connectivity index (χ4v) is 4.77. The van der Waals surface area contributed by atoms with Crippen molar-refractivity contribution in [1.82, 2.24) is 19.7 Å². The monoisotopic (exact) mass is 557 g/mol. The minimum atomic E-state index is -0.617. The molecule has 0 saturated carbocycles. The smallest absolute Gasteiger partial charge is 0.271 e. The molecule has 4 aromatic rings. The molecular formula is C34H31N5O3. The Morgan fingerprint density at radius 1 is 1.02 bits per heavy atom. The summed E-state index contributed by atoms with van der Waals surface area (Å²) in [6, 6.07) is 21.1. The maximum Gasteiger partial charge on any atom is 0.271 e. The van der Waals surface area contributed by atoms with E-state index in [1.165, 1.54) is 0 Å². The van der Waals surface area contributed by atoms with Crippen molar-refractivity contribution in [3.05, 3.63) is 113 Å². The highest BCUT2D eigenvalue weighted by molar-refractivity contribution is 6.19. The van der Waals surface area contributed by atoms with Crippen LogP contribution in [0.2, 0.25) is 0 Å². The van der Waals surface area contributed by atoms with E-state index in [0.29, 0.717) is 34.9 Å². The van der Waals surface area contributed by atoms with Gasteiger partial charge in [-0.25, -0.2) is 4.68 Å². The lowest BCUT2D eigenvalue weighted by atomic mass is 9.92. The summed E-state index contributed by atoms with van der Waals surface area (Å²) in [4.78, 5) is 32.2. The summed E-state index contributed by atoms with van der Waals surface area (Å²) in [7, 11) is 0. The van der Waals surface area contributed by atoms with Crippen LogP contribution in [0, 0.1) is 24.2 Å². The molecule has 3 heterocycles. The Bertz CT molecular complexity index is 1740. The first-order valence-corrected chi connectivity index (χ1v) is 13.7. The third-order valence-corrected chi connectivity index (χ3v) is 6.99. The molecule has 0 unspecified atom stereocenters. The Hall–Kier alpha value is -5.29. The minimum Gasteiger partial charge on any atom is -0.493 e. The van der Waals surface area contributed by atoms with E-state index in [2.05, 4.69) is 18.8 Å². The Morgan fingerprint density at radius 3 is 2.48 bits per heavy atom. The van der Waals surface area contributed by atoms with Gasteiger partial charge in [-0.2, -0.15) is 10.4 Å². The molecule has 0 radical (unpaired) electrons. The normalized spacial score (nSPS) is 14.6. The number of ether oxygens (including phenoxy) is 1. The molecule has 0 N–H and O–H groups in total. The molecule has 5 rings (SSSR count). The molecule has 2 aromatic heterocycles. The number of rotatable bonds is 8. The van der Waals surface area contributed by atoms with Crippen LogP contribution in [-0.4, -0.2) is 38.1 Å². The van der Waals surface area contributed by atoms with Crippen LogP contribution >= 0.6 is 0 Å². The summed E-state index contributed by atoms with van der Waals surface area (Å²) in [6.07, 6.45) is 6.80. The Balaban J connectivity index is 1.63. The molecule has 0 saturated heterocycles. The van der Waals surface area contributed by atoms with Gasteiger partial charge in [-0.3, -0.25) is 19.5 Å². The average Bonchev–Trinajstić information content (AvgIpc) is 3.41. The lowest BCUT2D eigenvalue weighted by Gasteiger charge is -2.27. The summed E-state index contributed by atoms with van der Waals surface area (Å²) in [5.41, 5.74) is 5.24. The molecule has 2 aromatic carbocycles. The molecule has 2 amide bonds. The van der Waals surface area contributed by atoms with Crippen LogP contribution < -0.4 is 4.74 Å². The second kappa shape index (κ2) is 12.1. The van der Waals surface area contributed by atoms with Crippen LogP contribution in [-0.2, 0) is 16.1 Å². The van der Waals surface area contributed by atoms with Crippen molar-refractivity contribution in [2.45, 2.75) is 34.2 Å². The molecule has 0 bridgehead atoms. The van der Waals surface area contributed by atoms with Crippen molar-refractivity contribution in [3.8, 4) is 28.8 Å². The predicted octanol–water partition coefficient (Wildman–Crippen LogP) is 6.07. The van der Waals surface area contributed by atoms with Crippen LogP contribution in [0.5, 0.6) is 5.75 Å². The van der Waals surface area contributed by atoms with Crippen molar-refractivity contribution in [1.29, 1.82) is 5.26 Å². The van der Waals surface area contributed by atoms with Gasteiger partial charge in [0, 0.05) is 35.3 Å². The number of aromatic nitrogens is 3. The van der Waals surface area contributed by atoms with Gasteiger partial charge in [0.15, 0.2) is 0 Å². The topological polar surface area (TPSA) is 101 Å². The van der Waals surface area contributed by atoms with Crippen LogP contribution in [0.15, 0.2) is 96.0 Å². The summed E-state index contributed by atoms with van der Waals surface area (Å²) in [6.45, 7) is 8.45. The van der Waals surface area contributed by atoms with Gasteiger partial charge in [-0.05, 0) is 78.9 Å². The largest absolute Gasteiger partial charge is 0.493 e. The van der Waals surface area contributed by atoms with Crippen molar-refractivity contribution < 1.29 is 14.3 Å². The van der Waals surface area contributed by atoms with Gasteiger partial charge in [0.1, 0.15) is 23.1 Å². The van der Waals surface area contributed by atoms with Gasteiger partial charge in [0.05, 0.1) is 18.8 Å². The fraction of sp³-hybridized carbons (Fsp3) is 0.206. The van der Waals surface area contributed by atoms with Gasteiger partial charge >= 0.3 is 0 Å². The van der Waals surface area contributed by atoms with Crippen molar-refractivity contribution in [2.75, 3.05) is 6.61 Å². The summed E-state index contributed by atoms with van der Waals surface area (Å²) < 4.78 is 7.69. The van der Waals surface area contributed by atoms with Crippen LogP contribution in [0.4, 0.5) is 0 Å². The maximum atomic E-state index is 13.8. The third-order valence-electron chi connectivity index (χ3n) is 6.99. The van der Waals surface area contributed by atoms with Gasteiger partial charge in [0.2, 0.25) is 0 Å². The molecule has 0 spiro atoms. The number of aryl methyl sites for hydroxylation is 1. The van der Waals surface area contributed by atoms with Gasteiger partial charge in [0.25, 0.3) is 11.8 Å². The van der Waals surface area contributed by atoms with E-state index in [9.17, 15) is 14.9 Å². The molecule has 8 nitrogen and oxygen atoms in total. The van der Waals surface area contributed by atoms with Crippen LogP contribution in [0.25, 0.3) is 23.0 Å². The van der Waals surface area contributed by atoms with E-state index < -0.39 is 11.8 Å². The molecule has 210 valence electrons. The molecule has 1 aliphatic heterocycles. The molecule has 0 aliphatic carbocycles. The average molecular weight is 558 g/mol. The number of carbonyl (C=O) groups is 2. The standard InChI is InChI=1S/C34H31N5O3/c1-22(2)21-42-28-12-13-29(23(3)15-28)32-26(20-39(37-32)27-10-6-5-7-11-27)16-30-24(4)31(17-35)34(41)38(33(30)40)19-25-9-8-14-36-18-25/h5-16,18,20,22H,19,21H2,1-4H3/b30-16+. The minimum absolute atomic E-state index is 0.00832. The second-order valence-electron chi connectivity index (χ2n) is 10.6. The lowest BCUT2D eigenvalue weighted by Crippen LogP contribution is -2.42. The zero-order valence-electron chi connectivity index (χ0n) is 24.0. The van der Waals surface area contributed by atoms with Gasteiger partial charge in [-0.1, -0.05) is 38.1 Å². The lowest BCUT2D eigenvalue weighted by molar-refractivity contribution is -0.141. The van der Waals surface area contributed by atoms with Crippen molar-refractivity contribution in [3.63, 3.8) is 0 Å². The summed E-state index contributed by atoms with van der Waals surface area (Å²) in [5, 5.41) is 14.8. The van der Waals surface area contributed by atoms with E-state index in [0.717, 1.165) is 27.5 Å². The summed E-state index contributed by atoms with van der Waals surface area (Å²) in [5.74, 6) is 0.0794. The number of carbonyl (C=O) groups excluding carboxylic acids is 2. The first kappa shape index (κ1) is 28.2. The van der Waals surface area contributed by atoms with E-state index in [1.54, 1.807) is 42.2 Å². The van der Waals surface area contributed by atoms with Crippen LogP contribution in [0.1, 0.15) is 37.5 Å². The number of nitrogens with zero attached hydrogens (tertiary/aromatic N) is 5. The molecule has 1 aliphatic rings. The zero-order chi connectivity index (χ0) is 29.8. The van der Waals surface area contributed by atoms with E-state index in [1.807, 2.05) is 67.7 Å². The Labute approximate surface area is 245 Å². The quantitative estimate of drug-likeness (QED) is 0.193. The Morgan fingerprint density at radius 2 is 1.81 bits per heavy atom. The highest BCUT2D eigenvalue weighted by Gasteiger charge is 2.36. The molecule has 0 fully saturated rings.